The Hall–Kier alpha value is -7.13. The highest BCUT2D eigenvalue weighted by atomic mass is 35.5. The third kappa shape index (κ3) is 5.95. The van der Waals surface area contributed by atoms with Crippen molar-refractivity contribution in [2.24, 2.45) is 0 Å². The monoisotopic (exact) mass is 775 g/mol. The van der Waals surface area contributed by atoms with Crippen molar-refractivity contribution >= 4 is 82.9 Å². The molecule has 1 aromatic heterocycles. The molecule has 59 heavy (non-hydrogen) atoms. The Morgan fingerprint density at radius 3 is 1.90 bits per heavy atom. The summed E-state index contributed by atoms with van der Waals surface area (Å²) in [6.45, 7) is 4.35. The minimum absolute atomic E-state index is 0.739. The minimum atomic E-state index is 0.739. The minimum Gasteiger partial charge on any atom is -0.455 e. The van der Waals surface area contributed by atoms with Gasteiger partial charge < -0.3 is 9.32 Å². The molecule has 0 atom stereocenters. The van der Waals surface area contributed by atoms with Gasteiger partial charge in [0.05, 0.1) is 5.69 Å². The highest BCUT2D eigenvalue weighted by Crippen LogP contribution is 2.46. The van der Waals surface area contributed by atoms with Crippen molar-refractivity contribution < 1.29 is 4.42 Å². The van der Waals surface area contributed by atoms with Crippen LogP contribution in [0.4, 0.5) is 17.1 Å². The van der Waals surface area contributed by atoms with Gasteiger partial charge in [-0.3, -0.25) is 0 Å². The van der Waals surface area contributed by atoms with E-state index in [1.54, 1.807) is 0 Å². The lowest BCUT2D eigenvalue weighted by Gasteiger charge is -2.28. The van der Waals surface area contributed by atoms with Gasteiger partial charge in [-0.1, -0.05) is 169 Å². The molecule has 0 radical (unpaired) electrons. The summed E-state index contributed by atoms with van der Waals surface area (Å²) in [4.78, 5) is 2.37. The van der Waals surface area contributed by atoms with Crippen LogP contribution in [0.5, 0.6) is 0 Å². The lowest BCUT2D eigenvalue weighted by molar-refractivity contribution is 0.670. The van der Waals surface area contributed by atoms with Crippen LogP contribution in [-0.2, 0) is 0 Å². The average Bonchev–Trinajstić information content (AvgIpc) is 3.66. The third-order valence-electron chi connectivity index (χ3n) is 11.9. The first kappa shape index (κ1) is 35.1. The van der Waals surface area contributed by atoms with Crippen LogP contribution >= 0.6 is 11.6 Å². The van der Waals surface area contributed by atoms with E-state index in [0.717, 1.165) is 87.8 Å². The van der Waals surface area contributed by atoms with Gasteiger partial charge in [0.1, 0.15) is 11.2 Å². The molecule has 0 saturated carbocycles. The fraction of sp³-hybridized carbons (Fsp3) is 0.0357. The Labute approximate surface area is 348 Å². The van der Waals surface area contributed by atoms with Gasteiger partial charge in [-0.2, -0.15) is 0 Å². The first-order valence-corrected chi connectivity index (χ1v) is 20.5. The topological polar surface area (TPSA) is 16.4 Å². The van der Waals surface area contributed by atoms with E-state index in [1.807, 2.05) is 18.2 Å². The molecule has 0 N–H and O–H groups in total. The molecule has 0 saturated heterocycles. The Balaban J connectivity index is 1.03. The maximum atomic E-state index is 7.04. The molecule has 0 spiro atoms. The zero-order valence-corrected chi connectivity index (χ0v) is 33.5. The second-order valence-corrected chi connectivity index (χ2v) is 16.0. The second-order valence-electron chi connectivity index (χ2n) is 15.5. The molecule has 0 amide bonds. The molecule has 11 aromatic rings. The van der Waals surface area contributed by atoms with Crippen molar-refractivity contribution in [3.63, 3.8) is 0 Å². The summed E-state index contributed by atoms with van der Waals surface area (Å²) in [5, 5.41) is 9.95. The summed E-state index contributed by atoms with van der Waals surface area (Å²) in [6.07, 6.45) is 0. The van der Waals surface area contributed by atoms with E-state index in [2.05, 4.69) is 195 Å². The van der Waals surface area contributed by atoms with E-state index in [4.69, 9.17) is 16.0 Å². The van der Waals surface area contributed by atoms with Crippen LogP contribution in [0.2, 0.25) is 5.02 Å². The molecule has 0 fully saturated rings. The Bertz CT molecular complexity index is 3410. The van der Waals surface area contributed by atoms with Gasteiger partial charge >= 0.3 is 0 Å². The fourth-order valence-electron chi connectivity index (χ4n) is 9.03. The smallest absolute Gasteiger partial charge is 0.143 e. The summed E-state index contributed by atoms with van der Waals surface area (Å²) >= 11 is 7.04. The number of halogens is 1. The van der Waals surface area contributed by atoms with Crippen molar-refractivity contribution in [1.82, 2.24) is 0 Å². The van der Waals surface area contributed by atoms with Gasteiger partial charge in [0, 0.05) is 43.5 Å². The van der Waals surface area contributed by atoms with Crippen LogP contribution < -0.4 is 4.90 Å². The van der Waals surface area contributed by atoms with Crippen molar-refractivity contribution in [3.05, 3.63) is 210 Å². The molecule has 0 aliphatic heterocycles. The zero-order valence-electron chi connectivity index (χ0n) is 32.7. The Morgan fingerprint density at radius 2 is 1.07 bits per heavy atom. The van der Waals surface area contributed by atoms with Crippen molar-refractivity contribution in [2.75, 3.05) is 4.90 Å². The highest BCUT2D eigenvalue weighted by molar-refractivity contribution is 6.38. The SMILES string of the molecule is Cc1ccc2cccc(-c3ccc(-c4ccc(N(c5ccc(-c6cccc7c6oc6ccccc67)c(C)c5)c5cc6ccccc6c6c(Cl)cccc56)cc4)cc3)c2c1. The van der Waals surface area contributed by atoms with Gasteiger partial charge in [0.2, 0.25) is 0 Å². The van der Waals surface area contributed by atoms with Gasteiger partial charge in [-0.15, -0.1) is 0 Å². The molecule has 2 nitrogen and oxygen atoms in total. The van der Waals surface area contributed by atoms with Crippen molar-refractivity contribution in [3.8, 4) is 33.4 Å². The number of furan rings is 1. The number of anilines is 3. The molecule has 10 aromatic carbocycles. The Morgan fingerprint density at radius 1 is 0.424 bits per heavy atom. The van der Waals surface area contributed by atoms with Gasteiger partial charge in [-0.05, 0) is 111 Å². The van der Waals surface area contributed by atoms with Crippen LogP contribution in [0, 0.1) is 13.8 Å². The number of para-hydroxylation sites is 2. The van der Waals surface area contributed by atoms with Crippen LogP contribution in [-0.4, -0.2) is 0 Å². The summed E-state index contributed by atoms with van der Waals surface area (Å²) in [7, 11) is 0. The summed E-state index contributed by atoms with van der Waals surface area (Å²) in [6, 6.07) is 69.6. The van der Waals surface area contributed by atoms with Crippen molar-refractivity contribution in [2.45, 2.75) is 13.8 Å². The average molecular weight is 776 g/mol. The highest BCUT2D eigenvalue weighted by Gasteiger charge is 2.21. The largest absolute Gasteiger partial charge is 0.455 e. The normalized spacial score (nSPS) is 11.6. The molecule has 0 unspecified atom stereocenters. The molecular formula is C56H38ClNO. The first-order chi connectivity index (χ1) is 29.0. The lowest BCUT2D eigenvalue weighted by Crippen LogP contribution is -2.11. The maximum absolute atomic E-state index is 7.04. The van der Waals surface area contributed by atoms with E-state index in [0.29, 0.717) is 0 Å². The molecule has 1 heterocycles. The van der Waals surface area contributed by atoms with Gasteiger partial charge in [-0.25, -0.2) is 0 Å². The number of benzene rings is 10. The van der Waals surface area contributed by atoms with Crippen molar-refractivity contribution in [1.29, 1.82) is 0 Å². The first-order valence-electron chi connectivity index (χ1n) is 20.1. The second kappa shape index (κ2) is 14.1. The number of hydrogen-bond acceptors (Lipinski definition) is 2. The zero-order chi connectivity index (χ0) is 39.6. The summed E-state index contributed by atoms with van der Waals surface area (Å²) in [5.41, 5.74) is 14.4. The molecule has 3 heteroatoms. The number of rotatable bonds is 6. The van der Waals surface area contributed by atoms with E-state index in [1.165, 1.54) is 33.0 Å². The summed E-state index contributed by atoms with van der Waals surface area (Å²) in [5.74, 6) is 0. The molecule has 0 aliphatic rings. The molecule has 11 rings (SSSR count). The molecule has 280 valence electrons. The molecule has 0 bridgehead atoms. The van der Waals surface area contributed by atoms with E-state index >= 15 is 0 Å². The van der Waals surface area contributed by atoms with Gasteiger partial charge in [0.25, 0.3) is 0 Å². The third-order valence-corrected chi connectivity index (χ3v) is 12.2. The summed E-state index contributed by atoms with van der Waals surface area (Å²) < 4.78 is 6.48. The fourth-order valence-corrected chi connectivity index (χ4v) is 9.31. The van der Waals surface area contributed by atoms with Crippen LogP contribution in [0.1, 0.15) is 11.1 Å². The van der Waals surface area contributed by atoms with Gasteiger partial charge in [0.15, 0.2) is 0 Å². The lowest BCUT2D eigenvalue weighted by atomic mass is 9.95. The van der Waals surface area contributed by atoms with Crippen LogP contribution in [0.15, 0.2) is 199 Å². The molecular weight excluding hydrogens is 738 g/mol. The maximum Gasteiger partial charge on any atom is 0.143 e. The van der Waals surface area contributed by atoms with E-state index in [-0.39, 0.29) is 0 Å². The Kier molecular flexibility index (Phi) is 8.35. The van der Waals surface area contributed by atoms with E-state index < -0.39 is 0 Å². The molecule has 0 aliphatic carbocycles. The van der Waals surface area contributed by atoms with Crippen LogP contribution in [0.25, 0.3) is 87.6 Å². The van der Waals surface area contributed by atoms with E-state index in [9.17, 15) is 0 Å². The number of fused-ring (bicyclic) bond motifs is 7. The van der Waals surface area contributed by atoms with Crippen LogP contribution in [0.3, 0.4) is 0 Å². The number of aryl methyl sites for hydroxylation is 2. The number of hydrogen-bond donors (Lipinski definition) is 0. The predicted octanol–water partition coefficient (Wildman–Crippen LogP) is 16.8. The quantitative estimate of drug-likeness (QED) is 0.156. The standard InChI is InChI=1S/C56H38ClNO/c1-35-20-21-39-11-7-14-45(51(39)32-35)40-24-22-37(23-25-40)38-26-28-42(29-27-38)58(53-34-41-10-3-4-12-46(41)55-50(53)17-9-18-52(55)57)43-30-31-44(36(2)33-43)48-15-8-16-49-47-13-5-6-19-54(47)59-56(48)49/h3-34H,1-2H3. The number of nitrogens with zero attached hydrogens (tertiary/aromatic N) is 1. The predicted molar refractivity (Wildman–Crippen MR) is 252 cm³/mol.